The van der Waals surface area contributed by atoms with E-state index in [-0.39, 0.29) is 17.3 Å². The van der Waals surface area contributed by atoms with E-state index in [1.165, 1.54) is 44.8 Å². The second-order valence-electron chi connectivity index (χ2n) is 8.07. The number of benzene rings is 2. The second kappa shape index (κ2) is 10.2. The topological polar surface area (TPSA) is 79.0 Å². The monoisotopic (exact) mass is 445 g/mol. The highest BCUT2D eigenvalue weighted by molar-refractivity contribution is 7.89. The van der Waals surface area contributed by atoms with Gasteiger partial charge in [-0.1, -0.05) is 19.1 Å². The molecule has 1 amide bonds. The molecule has 1 aliphatic rings. The summed E-state index contributed by atoms with van der Waals surface area (Å²) in [6, 6.07) is 14.3. The Morgan fingerprint density at radius 3 is 2.45 bits per heavy atom. The van der Waals surface area contributed by atoms with E-state index in [0.717, 1.165) is 23.0 Å². The average Bonchev–Trinajstić information content (AvgIpc) is 2.78. The summed E-state index contributed by atoms with van der Waals surface area (Å²) in [5.74, 6) is 0.924. The van der Waals surface area contributed by atoms with Crippen LogP contribution in [-0.2, 0) is 21.4 Å². The lowest BCUT2D eigenvalue weighted by molar-refractivity contribution is -0.121. The molecule has 7 nitrogen and oxygen atoms in total. The molecular weight excluding hydrogens is 414 g/mol. The molecule has 1 saturated heterocycles. The van der Waals surface area contributed by atoms with Crippen LogP contribution in [0.15, 0.2) is 53.4 Å². The molecule has 0 aliphatic carbocycles. The minimum Gasteiger partial charge on any atom is -0.497 e. The Morgan fingerprint density at radius 1 is 1.16 bits per heavy atom. The van der Waals surface area contributed by atoms with E-state index < -0.39 is 10.0 Å². The van der Waals surface area contributed by atoms with E-state index in [2.05, 4.69) is 29.3 Å². The number of hydrogen-bond acceptors (Lipinski definition) is 5. The Kier molecular flexibility index (Phi) is 7.56. The average molecular weight is 446 g/mol. The second-order valence-corrected chi connectivity index (χ2v) is 10.1. The smallest absolute Gasteiger partial charge is 0.243 e. The zero-order valence-corrected chi connectivity index (χ0v) is 19.2. The first-order valence-electron chi connectivity index (χ1n) is 10.5. The maximum atomic E-state index is 12.7. The number of carbonyl (C=O) groups excluding carboxylic acids is 1. The molecule has 8 heteroatoms. The van der Waals surface area contributed by atoms with Crippen LogP contribution in [0.3, 0.4) is 0 Å². The molecule has 0 saturated carbocycles. The van der Waals surface area contributed by atoms with Gasteiger partial charge in [0.15, 0.2) is 0 Å². The van der Waals surface area contributed by atoms with Gasteiger partial charge in [-0.25, -0.2) is 8.42 Å². The van der Waals surface area contributed by atoms with Gasteiger partial charge in [-0.15, -0.1) is 0 Å². The number of methoxy groups -OCH3 is 1. The van der Waals surface area contributed by atoms with Crippen LogP contribution in [0.1, 0.15) is 25.3 Å². The lowest BCUT2D eigenvalue weighted by atomic mass is 9.99. The van der Waals surface area contributed by atoms with E-state index >= 15 is 0 Å². The minimum absolute atomic E-state index is 0.117. The number of likely N-dealkylation sites (N-methyl/N-ethyl adjacent to an activating group) is 1. The summed E-state index contributed by atoms with van der Waals surface area (Å²) >= 11 is 0. The highest BCUT2D eigenvalue weighted by Gasteiger charge is 2.23. The van der Waals surface area contributed by atoms with Crippen LogP contribution >= 0.6 is 0 Å². The summed E-state index contributed by atoms with van der Waals surface area (Å²) in [6.45, 7) is 4.53. The van der Waals surface area contributed by atoms with Gasteiger partial charge in [0.25, 0.3) is 0 Å². The minimum atomic E-state index is -3.75. The molecule has 3 rings (SSSR count). The molecule has 0 radical (unpaired) electrons. The summed E-state index contributed by atoms with van der Waals surface area (Å²) in [5, 5.41) is 2.80. The standard InChI is InChI=1S/C23H31N3O4S/c1-18-5-4-14-26(16-18)20-8-6-19(7-9-20)15-24-23(27)17-25(2)31(28,29)22-12-10-21(30-3)11-13-22/h6-13,18H,4-5,14-17H2,1-3H3,(H,24,27)/t18-/m1/s1. The summed E-state index contributed by atoms with van der Waals surface area (Å²) in [7, 11) is -0.841. The van der Waals surface area contributed by atoms with E-state index in [0.29, 0.717) is 18.2 Å². The Labute approximate surface area is 185 Å². The molecule has 1 aliphatic heterocycles. The van der Waals surface area contributed by atoms with Crippen molar-refractivity contribution >= 4 is 21.6 Å². The lowest BCUT2D eigenvalue weighted by Crippen LogP contribution is -2.38. The fourth-order valence-corrected chi connectivity index (χ4v) is 4.85. The lowest BCUT2D eigenvalue weighted by Gasteiger charge is -2.32. The van der Waals surface area contributed by atoms with Crippen LogP contribution in [0.5, 0.6) is 5.75 Å². The first kappa shape index (κ1) is 23.1. The number of piperidine rings is 1. The first-order valence-corrected chi connectivity index (χ1v) is 11.9. The van der Waals surface area contributed by atoms with Crippen molar-refractivity contribution in [2.45, 2.75) is 31.2 Å². The number of nitrogens with zero attached hydrogens (tertiary/aromatic N) is 2. The SMILES string of the molecule is COc1ccc(S(=O)(=O)N(C)CC(=O)NCc2ccc(N3CCC[C@@H](C)C3)cc2)cc1. The molecule has 0 aromatic heterocycles. The van der Waals surface area contributed by atoms with Gasteiger partial charge in [-0.2, -0.15) is 4.31 Å². The van der Waals surface area contributed by atoms with Crippen molar-refractivity contribution < 1.29 is 17.9 Å². The van der Waals surface area contributed by atoms with Crippen LogP contribution in [-0.4, -0.2) is 52.4 Å². The van der Waals surface area contributed by atoms with Crippen molar-refractivity contribution in [3.8, 4) is 5.75 Å². The Morgan fingerprint density at radius 2 is 1.84 bits per heavy atom. The van der Waals surface area contributed by atoms with Crippen molar-refractivity contribution in [2.24, 2.45) is 5.92 Å². The van der Waals surface area contributed by atoms with E-state index in [9.17, 15) is 13.2 Å². The number of carbonyl (C=O) groups is 1. The third-order valence-electron chi connectivity index (χ3n) is 5.58. The van der Waals surface area contributed by atoms with E-state index in [4.69, 9.17) is 4.74 Å². The maximum Gasteiger partial charge on any atom is 0.243 e. The molecule has 2 aromatic carbocycles. The van der Waals surface area contributed by atoms with Crippen molar-refractivity contribution in [3.05, 3.63) is 54.1 Å². The van der Waals surface area contributed by atoms with Gasteiger partial charge in [0, 0.05) is 32.4 Å². The van der Waals surface area contributed by atoms with Crippen LogP contribution in [0.4, 0.5) is 5.69 Å². The molecule has 1 fully saturated rings. The molecule has 0 unspecified atom stereocenters. The number of hydrogen-bond donors (Lipinski definition) is 1. The molecule has 31 heavy (non-hydrogen) atoms. The molecule has 1 N–H and O–H groups in total. The fourth-order valence-electron chi connectivity index (χ4n) is 3.72. The molecular formula is C23H31N3O4S. The van der Waals surface area contributed by atoms with Crippen molar-refractivity contribution in [1.29, 1.82) is 0 Å². The van der Waals surface area contributed by atoms with Gasteiger partial charge in [0.1, 0.15) is 5.75 Å². The van der Waals surface area contributed by atoms with Gasteiger partial charge in [-0.3, -0.25) is 4.79 Å². The summed E-state index contributed by atoms with van der Waals surface area (Å²) in [4.78, 5) is 14.8. The fraction of sp³-hybridized carbons (Fsp3) is 0.435. The zero-order chi connectivity index (χ0) is 22.4. The number of anilines is 1. The van der Waals surface area contributed by atoms with E-state index in [1.54, 1.807) is 12.1 Å². The van der Waals surface area contributed by atoms with Crippen LogP contribution in [0, 0.1) is 5.92 Å². The van der Waals surface area contributed by atoms with Gasteiger partial charge in [0.05, 0.1) is 18.6 Å². The molecule has 1 atom stereocenters. The van der Waals surface area contributed by atoms with Gasteiger partial charge in [-0.05, 0) is 60.7 Å². The quantitative estimate of drug-likeness (QED) is 0.676. The molecule has 2 aromatic rings. The third kappa shape index (κ3) is 5.98. The summed E-state index contributed by atoms with van der Waals surface area (Å²) < 4.78 is 31.4. The van der Waals surface area contributed by atoms with Crippen molar-refractivity contribution in [1.82, 2.24) is 9.62 Å². The van der Waals surface area contributed by atoms with Crippen LogP contribution in [0.25, 0.3) is 0 Å². The number of nitrogens with one attached hydrogen (secondary N) is 1. The predicted molar refractivity (Wildman–Crippen MR) is 122 cm³/mol. The summed E-state index contributed by atoms with van der Waals surface area (Å²) in [5.41, 5.74) is 2.18. The number of amides is 1. The number of sulfonamides is 1. The molecule has 168 valence electrons. The Hall–Kier alpha value is -2.58. The van der Waals surface area contributed by atoms with Crippen LogP contribution in [0.2, 0.25) is 0 Å². The number of ether oxygens (including phenoxy) is 1. The van der Waals surface area contributed by atoms with Crippen molar-refractivity contribution in [2.75, 3.05) is 38.7 Å². The third-order valence-corrected chi connectivity index (χ3v) is 7.40. The van der Waals surface area contributed by atoms with Crippen molar-refractivity contribution in [3.63, 3.8) is 0 Å². The van der Waals surface area contributed by atoms with Gasteiger partial charge < -0.3 is 15.0 Å². The van der Waals surface area contributed by atoms with Gasteiger partial charge in [0.2, 0.25) is 15.9 Å². The molecule has 0 spiro atoms. The molecule has 0 bridgehead atoms. The molecule has 1 heterocycles. The first-order chi connectivity index (χ1) is 14.8. The zero-order valence-electron chi connectivity index (χ0n) is 18.4. The highest BCUT2D eigenvalue weighted by atomic mass is 32.2. The largest absolute Gasteiger partial charge is 0.497 e. The Bertz CT molecular complexity index is 975. The maximum absolute atomic E-state index is 12.7. The normalized spacial score (nSPS) is 16.9. The Balaban J connectivity index is 1.52. The summed E-state index contributed by atoms with van der Waals surface area (Å²) in [6.07, 6.45) is 2.50. The highest BCUT2D eigenvalue weighted by Crippen LogP contribution is 2.23. The van der Waals surface area contributed by atoms with Crippen LogP contribution < -0.4 is 15.0 Å². The number of rotatable bonds is 8. The predicted octanol–water partition coefficient (Wildman–Crippen LogP) is 2.87. The van der Waals surface area contributed by atoms with E-state index in [1.807, 2.05) is 12.1 Å². The van der Waals surface area contributed by atoms with Gasteiger partial charge >= 0.3 is 0 Å².